The van der Waals surface area contributed by atoms with Gasteiger partial charge >= 0.3 is 0 Å². The molecule has 0 aliphatic heterocycles. The van der Waals surface area contributed by atoms with Crippen molar-refractivity contribution in [3.05, 3.63) is 33.8 Å². The molecule has 0 saturated heterocycles. The molecular weight excluding hydrogens is 277 g/mol. The molecule has 1 aromatic rings. The van der Waals surface area contributed by atoms with E-state index in [4.69, 9.17) is 35.4 Å². The van der Waals surface area contributed by atoms with E-state index in [1.807, 2.05) is 19.9 Å². The van der Waals surface area contributed by atoms with Crippen LogP contribution in [0.25, 0.3) is 0 Å². The monoisotopic (exact) mass is 289 g/mol. The van der Waals surface area contributed by atoms with Gasteiger partial charge in [0.25, 0.3) is 0 Å². The molecule has 6 heteroatoms. The Bertz CT molecular complexity index is 446. The zero-order valence-electron chi connectivity index (χ0n) is 9.55. The van der Waals surface area contributed by atoms with Gasteiger partial charge in [-0.1, -0.05) is 29.3 Å². The quantitative estimate of drug-likeness (QED) is 0.510. The van der Waals surface area contributed by atoms with E-state index in [0.717, 1.165) is 17.8 Å². The summed E-state index contributed by atoms with van der Waals surface area (Å²) in [6.45, 7) is 4.58. The minimum atomic E-state index is 0.493. The van der Waals surface area contributed by atoms with Crippen LogP contribution in [-0.2, 0) is 0 Å². The summed E-state index contributed by atoms with van der Waals surface area (Å²) in [5.74, 6) is 0. The molecule has 17 heavy (non-hydrogen) atoms. The van der Waals surface area contributed by atoms with Crippen molar-refractivity contribution < 1.29 is 0 Å². The Morgan fingerprint density at radius 1 is 1.35 bits per heavy atom. The lowest BCUT2D eigenvalue weighted by Crippen LogP contribution is -2.32. The standard InChI is InChI=1S/C11H13Cl2N3S/c1-3-14-11(17)16-15-7(2)8-4-5-9(12)10(13)6-8/h4-6H,3H2,1-2H3,(H2,14,16,17)/b15-7+. The van der Waals surface area contributed by atoms with Gasteiger partial charge < -0.3 is 5.32 Å². The molecule has 0 saturated carbocycles. The van der Waals surface area contributed by atoms with Crippen LogP contribution in [0.4, 0.5) is 0 Å². The van der Waals surface area contributed by atoms with Gasteiger partial charge in [-0.25, -0.2) is 0 Å². The number of nitrogens with zero attached hydrogens (tertiary/aromatic N) is 1. The van der Waals surface area contributed by atoms with Crippen molar-refractivity contribution in [2.45, 2.75) is 13.8 Å². The summed E-state index contributed by atoms with van der Waals surface area (Å²) < 4.78 is 0. The summed E-state index contributed by atoms with van der Waals surface area (Å²) in [5, 5.41) is 8.61. The Kier molecular flexibility index (Phi) is 5.68. The second-order valence-corrected chi connectivity index (χ2v) is 4.52. The summed E-state index contributed by atoms with van der Waals surface area (Å²) in [6, 6.07) is 5.35. The molecule has 3 nitrogen and oxygen atoms in total. The normalized spacial score (nSPS) is 11.2. The van der Waals surface area contributed by atoms with Crippen LogP contribution in [-0.4, -0.2) is 17.4 Å². The molecule has 0 unspecified atom stereocenters. The third kappa shape index (κ3) is 4.50. The van der Waals surface area contributed by atoms with E-state index in [-0.39, 0.29) is 0 Å². The molecule has 0 bridgehead atoms. The molecule has 2 N–H and O–H groups in total. The smallest absolute Gasteiger partial charge is 0.186 e. The van der Waals surface area contributed by atoms with E-state index in [0.29, 0.717) is 15.2 Å². The summed E-state index contributed by atoms with van der Waals surface area (Å²) in [4.78, 5) is 0. The molecule has 0 aliphatic rings. The van der Waals surface area contributed by atoms with E-state index in [1.54, 1.807) is 12.1 Å². The van der Waals surface area contributed by atoms with Gasteiger partial charge in [0.2, 0.25) is 0 Å². The van der Waals surface area contributed by atoms with Gasteiger partial charge in [-0.3, -0.25) is 5.43 Å². The molecule has 0 heterocycles. The number of hydrogen-bond acceptors (Lipinski definition) is 2. The zero-order chi connectivity index (χ0) is 12.8. The maximum Gasteiger partial charge on any atom is 0.186 e. The molecule has 0 atom stereocenters. The average Bonchev–Trinajstić information content (AvgIpc) is 2.30. The second-order valence-electron chi connectivity index (χ2n) is 3.30. The Hall–Kier alpha value is -0.840. The third-order valence-electron chi connectivity index (χ3n) is 2.00. The molecular formula is C11H13Cl2N3S. The maximum atomic E-state index is 5.92. The van der Waals surface area contributed by atoms with E-state index >= 15 is 0 Å². The van der Waals surface area contributed by atoms with Crippen LogP contribution in [0, 0.1) is 0 Å². The fourth-order valence-corrected chi connectivity index (χ4v) is 1.61. The number of benzene rings is 1. The second kappa shape index (κ2) is 6.79. The van der Waals surface area contributed by atoms with Crippen molar-refractivity contribution in [3.63, 3.8) is 0 Å². The van der Waals surface area contributed by atoms with Crippen molar-refractivity contribution in [3.8, 4) is 0 Å². The summed E-state index contributed by atoms with van der Waals surface area (Å²) in [6.07, 6.45) is 0. The largest absolute Gasteiger partial charge is 0.362 e. The number of hydrazone groups is 1. The Morgan fingerprint density at radius 2 is 2.06 bits per heavy atom. The van der Waals surface area contributed by atoms with E-state index in [1.165, 1.54) is 0 Å². The molecule has 0 radical (unpaired) electrons. The highest BCUT2D eigenvalue weighted by Gasteiger charge is 2.02. The molecule has 1 rings (SSSR count). The molecule has 92 valence electrons. The van der Waals surface area contributed by atoms with Gasteiger partial charge in [-0.2, -0.15) is 5.10 Å². The van der Waals surface area contributed by atoms with E-state index < -0.39 is 0 Å². The van der Waals surface area contributed by atoms with Crippen LogP contribution >= 0.6 is 35.4 Å². The SMILES string of the molecule is CCNC(=S)N/N=C(\C)c1ccc(Cl)c(Cl)c1. The topological polar surface area (TPSA) is 36.4 Å². The molecule has 0 amide bonds. The van der Waals surface area contributed by atoms with E-state index in [2.05, 4.69) is 15.8 Å². The fraction of sp³-hybridized carbons (Fsp3) is 0.273. The number of nitrogens with one attached hydrogen (secondary N) is 2. The van der Waals surface area contributed by atoms with Crippen molar-refractivity contribution in [1.29, 1.82) is 0 Å². The fourth-order valence-electron chi connectivity index (χ4n) is 1.12. The van der Waals surface area contributed by atoms with Crippen LogP contribution < -0.4 is 10.7 Å². The van der Waals surface area contributed by atoms with Crippen molar-refractivity contribution in [2.24, 2.45) is 5.10 Å². The van der Waals surface area contributed by atoms with Crippen molar-refractivity contribution >= 4 is 46.2 Å². The number of rotatable bonds is 3. The number of thiocarbonyl (C=S) groups is 1. The lowest BCUT2D eigenvalue weighted by atomic mass is 10.1. The highest BCUT2D eigenvalue weighted by molar-refractivity contribution is 7.80. The highest BCUT2D eigenvalue weighted by atomic mass is 35.5. The first kappa shape index (κ1) is 14.2. The Morgan fingerprint density at radius 3 is 2.65 bits per heavy atom. The van der Waals surface area contributed by atoms with Crippen molar-refractivity contribution in [2.75, 3.05) is 6.54 Å². The van der Waals surface area contributed by atoms with Crippen LogP contribution in [0.15, 0.2) is 23.3 Å². The first-order chi connectivity index (χ1) is 8.04. The first-order valence-electron chi connectivity index (χ1n) is 5.08. The predicted molar refractivity (Wildman–Crippen MR) is 78.1 cm³/mol. The van der Waals surface area contributed by atoms with Crippen LogP contribution in [0.2, 0.25) is 10.0 Å². The summed E-state index contributed by atoms with van der Waals surface area (Å²) in [5.41, 5.74) is 4.42. The number of halogens is 2. The average molecular weight is 290 g/mol. The summed E-state index contributed by atoms with van der Waals surface area (Å²) in [7, 11) is 0. The van der Waals surface area contributed by atoms with Crippen LogP contribution in [0.3, 0.4) is 0 Å². The molecule has 0 aliphatic carbocycles. The van der Waals surface area contributed by atoms with Gasteiger partial charge in [0, 0.05) is 6.54 Å². The molecule has 0 spiro atoms. The van der Waals surface area contributed by atoms with Crippen LogP contribution in [0.5, 0.6) is 0 Å². The molecule has 1 aromatic carbocycles. The lowest BCUT2D eigenvalue weighted by Gasteiger charge is -2.06. The zero-order valence-corrected chi connectivity index (χ0v) is 11.9. The van der Waals surface area contributed by atoms with E-state index in [9.17, 15) is 0 Å². The minimum absolute atomic E-state index is 0.493. The first-order valence-corrected chi connectivity index (χ1v) is 6.24. The number of hydrogen-bond donors (Lipinski definition) is 2. The predicted octanol–water partition coefficient (Wildman–Crippen LogP) is 3.20. The third-order valence-corrected chi connectivity index (χ3v) is 2.97. The van der Waals surface area contributed by atoms with Crippen molar-refractivity contribution in [1.82, 2.24) is 10.7 Å². The van der Waals surface area contributed by atoms with Gasteiger partial charge in [-0.05, 0) is 43.8 Å². The molecule has 0 fully saturated rings. The van der Waals surface area contributed by atoms with Gasteiger partial charge in [0.15, 0.2) is 5.11 Å². The maximum absolute atomic E-state index is 5.92. The Labute approximate surface area is 116 Å². The van der Waals surface area contributed by atoms with Gasteiger partial charge in [-0.15, -0.1) is 0 Å². The van der Waals surface area contributed by atoms with Gasteiger partial charge in [0.05, 0.1) is 15.8 Å². The lowest BCUT2D eigenvalue weighted by molar-refractivity contribution is 0.901. The highest BCUT2D eigenvalue weighted by Crippen LogP contribution is 2.22. The minimum Gasteiger partial charge on any atom is -0.362 e. The van der Waals surface area contributed by atoms with Crippen LogP contribution in [0.1, 0.15) is 19.4 Å². The summed E-state index contributed by atoms with van der Waals surface area (Å²) >= 11 is 16.8. The van der Waals surface area contributed by atoms with Gasteiger partial charge in [0.1, 0.15) is 0 Å². The Balaban J connectivity index is 2.74. The molecule has 0 aromatic heterocycles.